The van der Waals surface area contributed by atoms with Crippen molar-refractivity contribution in [2.45, 2.75) is 46.2 Å². The topological polar surface area (TPSA) is 68.8 Å². The van der Waals surface area contributed by atoms with Crippen LogP contribution in [0.1, 0.15) is 44.6 Å². The van der Waals surface area contributed by atoms with Gasteiger partial charge >= 0.3 is 6.01 Å². The molecule has 2 aromatic rings. The molecule has 0 saturated heterocycles. The minimum Gasteiger partial charge on any atom is -0.408 e. The molecule has 0 aliphatic rings. The van der Waals surface area contributed by atoms with Gasteiger partial charge in [-0.15, -0.1) is 5.10 Å². The van der Waals surface area contributed by atoms with E-state index in [-0.39, 0.29) is 5.92 Å². The lowest BCUT2D eigenvalue weighted by atomic mass is 10.2. The van der Waals surface area contributed by atoms with Crippen LogP contribution in [0.15, 0.2) is 16.8 Å². The number of rotatable bonds is 6. The maximum atomic E-state index is 5.46. The van der Waals surface area contributed by atoms with Gasteiger partial charge in [-0.2, -0.15) is 5.10 Å². The van der Waals surface area contributed by atoms with Crippen molar-refractivity contribution in [1.82, 2.24) is 20.0 Å². The van der Waals surface area contributed by atoms with Gasteiger partial charge in [0.2, 0.25) is 5.89 Å². The first-order valence-electron chi connectivity index (χ1n) is 6.27. The van der Waals surface area contributed by atoms with Crippen LogP contribution in [0.5, 0.6) is 0 Å². The van der Waals surface area contributed by atoms with Crippen molar-refractivity contribution in [2.75, 3.05) is 5.32 Å². The lowest BCUT2D eigenvalue weighted by molar-refractivity contribution is 0.480. The van der Waals surface area contributed by atoms with Gasteiger partial charge in [0.25, 0.3) is 0 Å². The van der Waals surface area contributed by atoms with E-state index in [9.17, 15) is 0 Å². The van der Waals surface area contributed by atoms with E-state index in [4.69, 9.17) is 4.42 Å². The summed E-state index contributed by atoms with van der Waals surface area (Å²) in [5, 5.41) is 15.3. The Kier molecular flexibility index (Phi) is 3.96. The summed E-state index contributed by atoms with van der Waals surface area (Å²) in [6.07, 6.45) is 4.95. The van der Waals surface area contributed by atoms with Crippen LogP contribution in [0.3, 0.4) is 0 Å². The molecule has 6 nitrogen and oxygen atoms in total. The van der Waals surface area contributed by atoms with Crippen LogP contribution in [-0.4, -0.2) is 20.0 Å². The van der Waals surface area contributed by atoms with Crippen molar-refractivity contribution in [3.8, 4) is 0 Å². The fraction of sp³-hybridized carbons (Fsp3) is 0.583. The number of anilines is 1. The van der Waals surface area contributed by atoms with Gasteiger partial charge in [-0.25, -0.2) is 0 Å². The Hall–Kier alpha value is -1.85. The Bertz CT molecular complexity index is 488. The van der Waals surface area contributed by atoms with Gasteiger partial charge in [-0.05, 0) is 6.42 Å². The SMILES string of the molecule is CCCn1cc(CNc2nnc(C(C)C)o2)cn1. The lowest BCUT2D eigenvalue weighted by Gasteiger charge is -1.98. The number of nitrogens with zero attached hydrogens (tertiary/aromatic N) is 4. The molecule has 1 N–H and O–H groups in total. The summed E-state index contributed by atoms with van der Waals surface area (Å²) in [6, 6.07) is 0.460. The van der Waals surface area contributed by atoms with Gasteiger partial charge in [0.1, 0.15) is 0 Å². The largest absolute Gasteiger partial charge is 0.408 e. The zero-order chi connectivity index (χ0) is 13.0. The summed E-state index contributed by atoms with van der Waals surface area (Å²) in [6.45, 7) is 7.76. The Morgan fingerprint density at radius 1 is 1.39 bits per heavy atom. The van der Waals surface area contributed by atoms with Gasteiger partial charge in [0.15, 0.2) is 0 Å². The Morgan fingerprint density at radius 3 is 2.89 bits per heavy atom. The summed E-state index contributed by atoms with van der Waals surface area (Å²) < 4.78 is 7.40. The van der Waals surface area contributed by atoms with Gasteiger partial charge in [0, 0.05) is 30.8 Å². The van der Waals surface area contributed by atoms with Crippen LogP contribution in [0, 0.1) is 0 Å². The highest BCUT2D eigenvalue weighted by Gasteiger charge is 2.09. The van der Waals surface area contributed by atoms with E-state index in [0.717, 1.165) is 18.5 Å². The van der Waals surface area contributed by atoms with E-state index < -0.39 is 0 Å². The molecule has 6 heteroatoms. The molecule has 0 aliphatic carbocycles. The minimum atomic E-state index is 0.250. The maximum absolute atomic E-state index is 5.46. The Morgan fingerprint density at radius 2 is 2.22 bits per heavy atom. The van der Waals surface area contributed by atoms with Gasteiger partial charge < -0.3 is 9.73 Å². The summed E-state index contributed by atoms with van der Waals surface area (Å²) in [5.41, 5.74) is 1.10. The van der Waals surface area contributed by atoms with E-state index in [1.54, 1.807) is 0 Å². The smallest absolute Gasteiger partial charge is 0.315 e. The average Bonchev–Trinajstić information content (AvgIpc) is 2.95. The highest BCUT2D eigenvalue weighted by Crippen LogP contribution is 2.15. The third-order valence-electron chi connectivity index (χ3n) is 2.52. The average molecular weight is 249 g/mol. The highest BCUT2D eigenvalue weighted by molar-refractivity contribution is 5.20. The van der Waals surface area contributed by atoms with Crippen LogP contribution in [0.25, 0.3) is 0 Å². The minimum absolute atomic E-state index is 0.250. The van der Waals surface area contributed by atoms with Crippen LogP contribution in [0.4, 0.5) is 6.01 Å². The van der Waals surface area contributed by atoms with E-state index >= 15 is 0 Å². The van der Waals surface area contributed by atoms with Gasteiger partial charge in [-0.3, -0.25) is 4.68 Å². The van der Waals surface area contributed by atoms with Crippen LogP contribution < -0.4 is 5.32 Å². The highest BCUT2D eigenvalue weighted by atomic mass is 16.4. The maximum Gasteiger partial charge on any atom is 0.315 e. The van der Waals surface area contributed by atoms with Gasteiger partial charge in [0.05, 0.1) is 6.20 Å². The quantitative estimate of drug-likeness (QED) is 0.851. The van der Waals surface area contributed by atoms with Crippen molar-refractivity contribution in [3.05, 3.63) is 23.8 Å². The second kappa shape index (κ2) is 5.66. The third-order valence-corrected chi connectivity index (χ3v) is 2.52. The van der Waals surface area contributed by atoms with E-state index in [1.165, 1.54) is 0 Å². The zero-order valence-electron chi connectivity index (χ0n) is 11.1. The molecule has 0 aromatic carbocycles. The van der Waals surface area contributed by atoms with E-state index in [0.29, 0.717) is 18.5 Å². The molecule has 0 radical (unpaired) electrons. The fourth-order valence-electron chi connectivity index (χ4n) is 1.57. The first-order valence-corrected chi connectivity index (χ1v) is 6.27. The fourth-order valence-corrected chi connectivity index (χ4v) is 1.57. The molecular weight excluding hydrogens is 230 g/mol. The Balaban J connectivity index is 1.89. The molecule has 0 bridgehead atoms. The first kappa shape index (κ1) is 12.6. The van der Waals surface area contributed by atoms with Crippen molar-refractivity contribution < 1.29 is 4.42 Å². The predicted molar refractivity (Wildman–Crippen MR) is 68.2 cm³/mol. The molecular formula is C12H19N5O. The van der Waals surface area contributed by atoms with Crippen LogP contribution in [-0.2, 0) is 13.1 Å². The number of hydrogen-bond donors (Lipinski definition) is 1. The van der Waals surface area contributed by atoms with Crippen molar-refractivity contribution in [1.29, 1.82) is 0 Å². The van der Waals surface area contributed by atoms with Crippen LogP contribution in [0.2, 0.25) is 0 Å². The molecule has 18 heavy (non-hydrogen) atoms. The molecule has 2 rings (SSSR count). The molecule has 2 aromatic heterocycles. The lowest BCUT2D eigenvalue weighted by Crippen LogP contribution is -1.99. The number of aromatic nitrogens is 4. The Labute approximate surface area is 106 Å². The predicted octanol–water partition coefficient (Wildman–Crippen LogP) is 2.41. The summed E-state index contributed by atoms with van der Waals surface area (Å²) in [4.78, 5) is 0. The number of hydrogen-bond acceptors (Lipinski definition) is 5. The molecule has 0 unspecified atom stereocenters. The molecule has 0 saturated carbocycles. The van der Waals surface area contributed by atoms with Crippen molar-refractivity contribution in [3.63, 3.8) is 0 Å². The molecule has 98 valence electrons. The van der Waals surface area contributed by atoms with Crippen molar-refractivity contribution >= 4 is 6.01 Å². The molecule has 0 atom stereocenters. The third kappa shape index (κ3) is 3.09. The molecule has 0 amide bonds. The number of aryl methyl sites for hydroxylation is 1. The van der Waals surface area contributed by atoms with E-state index in [1.807, 2.05) is 30.9 Å². The van der Waals surface area contributed by atoms with Crippen molar-refractivity contribution in [2.24, 2.45) is 0 Å². The van der Waals surface area contributed by atoms with Crippen LogP contribution >= 0.6 is 0 Å². The molecule has 0 spiro atoms. The zero-order valence-corrected chi connectivity index (χ0v) is 11.1. The molecule has 0 fully saturated rings. The summed E-state index contributed by atoms with van der Waals surface area (Å²) >= 11 is 0. The molecule has 2 heterocycles. The second-order valence-electron chi connectivity index (χ2n) is 4.57. The monoisotopic (exact) mass is 249 g/mol. The van der Waals surface area contributed by atoms with E-state index in [2.05, 4.69) is 27.5 Å². The summed E-state index contributed by atoms with van der Waals surface area (Å²) in [7, 11) is 0. The molecule has 0 aliphatic heterocycles. The summed E-state index contributed by atoms with van der Waals surface area (Å²) in [5.74, 6) is 0.902. The normalized spacial score (nSPS) is 11.1. The first-order chi connectivity index (χ1) is 8.69. The standard InChI is InChI=1S/C12H19N5O/c1-4-5-17-8-10(7-14-17)6-13-12-16-15-11(18-12)9(2)3/h7-9H,4-6H2,1-3H3,(H,13,16). The number of nitrogens with one attached hydrogen (secondary N) is 1. The van der Waals surface area contributed by atoms with Gasteiger partial charge in [-0.1, -0.05) is 25.9 Å². The second-order valence-corrected chi connectivity index (χ2v) is 4.57.